The Morgan fingerprint density at radius 2 is 1.67 bits per heavy atom. The molecular formula is C25H22F6N8O3S. The quantitative estimate of drug-likeness (QED) is 0.175. The number of aromatic nitrogens is 6. The van der Waals surface area contributed by atoms with Crippen LogP contribution in [0.5, 0.6) is 5.75 Å². The highest BCUT2D eigenvalue weighted by molar-refractivity contribution is 7.13. The Labute approximate surface area is 243 Å². The lowest BCUT2D eigenvalue weighted by molar-refractivity contribution is -0.274. The van der Waals surface area contributed by atoms with Crippen molar-refractivity contribution < 1.29 is 40.7 Å². The largest absolute Gasteiger partial charge is 0.573 e. The molecule has 1 aromatic carbocycles. The van der Waals surface area contributed by atoms with Crippen molar-refractivity contribution in [1.29, 1.82) is 0 Å². The minimum absolute atomic E-state index is 0.0309. The topological polar surface area (TPSA) is 137 Å². The van der Waals surface area contributed by atoms with Crippen molar-refractivity contribution in [1.82, 2.24) is 40.8 Å². The van der Waals surface area contributed by atoms with E-state index in [1.807, 2.05) is 0 Å². The summed E-state index contributed by atoms with van der Waals surface area (Å²) >= 11 is 1.06. The molecular weight excluding hydrogens is 606 g/mol. The Morgan fingerprint density at radius 1 is 0.907 bits per heavy atom. The molecule has 0 aliphatic heterocycles. The number of rotatable bonds is 12. The highest BCUT2D eigenvalue weighted by Gasteiger charge is 2.31. The summed E-state index contributed by atoms with van der Waals surface area (Å²) in [7, 11) is 0. The molecule has 11 nitrogen and oxygen atoms in total. The maximum absolute atomic E-state index is 12.8. The molecule has 0 spiro atoms. The zero-order chi connectivity index (χ0) is 31.0. The second kappa shape index (κ2) is 13.6. The molecule has 2 N–H and O–H groups in total. The summed E-state index contributed by atoms with van der Waals surface area (Å²) in [5, 5.41) is 21.2. The third-order valence-corrected chi connectivity index (χ3v) is 6.60. The summed E-state index contributed by atoms with van der Waals surface area (Å²) in [6, 6.07) is 6.13. The average molecular weight is 629 g/mol. The van der Waals surface area contributed by atoms with Gasteiger partial charge >= 0.3 is 12.5 Å². The van der Waals surface area contributed by atoms with Crippen molar-refractivity contribution in [2.45, 2.75) is 51.4 Å². The fourth-order valence-corrected chi connectivity index (χ4v) is 4.43. The second-order valence-electron chi connectivity index (χ2n) is 8.97. The van der Waals surface area contributed by atoms with E-state index >= 15 is 0 Å². The molecule has 0 saturated heterocycles. The van der Waals surface area contributed by atoms with Gasteiger partial charge in [-0.3, -0.25) is 19.3 Å². The molecule has 0 fully saturated rings. The fraction of sp³-hybridized carbons (Fsp3) is 0.320. The van der Waals surface area contributed by atoms with Gasteiger partial charge in [-0.25, -0.2) is 0 Å². The van der Waals surface area contributed by atoms with E-state index in [9.17, 15) is 35.9 Å². The summed E-state index contributed by atoms with van der Waals surface area (Å²) in [5.74, 6) is -1.53. The maximum Gasteiger partial charge on any atom is 0.573 e. The number of aryl methyl sites for hydroxylation is 2. The average Bonchev–Trinajstić information content (AvgIpc) is 3.62. The van der Waals surface area contributed by atoms with Crippen LogP contribution in [0.2, 0.25) is 0 Å². The molecule has 18 heteroatoms. The van der Waals surface area contributed by atoms with E-state index in [0.717, 1.165) is 29.5 Å². The zero-order valence-corrected chi connectivity index (χ0v) is 22.8. The van der Waals surface area contributed by atoms with Crippen LogP contribution < -0.4 is 15.4 Å². The number of nitrogens with zero attached hydrogens (tertiary/aromatic N) is 6. The lowest BCUT2D eigenvalue weighted by Gasteiger charge is -2.10. The van der Waals surface area contributed by atoms with E-state index in [-0.39, 0.29) is 29.4 Å². The maximum atomic E-state index is 12.8. The molecule has 0 radical (unpaired) electrons. The standard InChI is InChI=1S/C25H22F6N8O3S/c26-24(27,28)17-8-16(10-32-13-17)12-34-22(41)23-37-36-20(43-23)6-1-2-7-39-14-19(35-38-39)21(40)33-11-15-4-3-5-18(9-15)42-25(29,30)31/h3-5,8-10,13-14H,1-2,6-7,11-12H2,(H,33,40)(H,34,41). The van der Waals surface area contributed by atoms with Crippen LogP contribution in [0.4, 0.5) is 26.3 Å². The van der Waals surface area contributed by atoms with Crippen LogP contribution in [0.3, 0.4) is 0 Å². The molecule has 2 amide bonds. The summed E-state index contributed by atoms with van der Waals surface area (Å²) in [6.45, 7) is 0.214. The van der Waals surface area contributed by atoms with Crippen LogP contribution in [0.15, 0.2) is 48.9 Å². The normalized spacial score (nSPS) is 11.8. The first-order chi connectivity index (χ1) is 20.4. The van der Waals surface area contributed by atoms with Gasteiger partial charge in [0.15, 0.2) is 5.69 Å². The van der Waals surface area contributed by atoms with Crippen LogP contribution in [0, 0.1) is 0 Å². The third-order valence-electron chi connectivity index (χ3n) is 5.62. The lowest BCUT2D eigenvalue weighted by atomic mass is 10.2. The van der Waals surface area contributed by atoms with Crippen molar-refractivity contribution in [3.8, 4) is 5.75 Å². The zero-order valence-electron chi connectivity index (χ0n) is 21.9. The third kappa shape index (κ3) is 9.73. The van der Waals surface area contributed by atoms with Gasteiger partial charge in [-0.2, -0.15) is 13.2 Å². The number of carbonyl (C=O) groups is 2. The predicted octanol–water partition coefficient (Wildman–Crippen LogP) is 4.32. The first kappa shape index (κ1) is 31.3. The Balaban J connectivity index is 1.17. The summed E-state index contributed by atoms with van der Waals surface area (Å²) in [5.41, 5.74) is -0.298. The second-order valence-corrected chi connectivity index (χ2v) is 10.0. The Kier molecular flexibility index (Phi) is 9.89. The van der Waals surface area contributed by atoms with Gasteiger partial charge in [-0.1, -0.05) is 28.7 Å². The van der Waals surface area contributed by atoms with E-state index in [1.165, 1.54) is 29.2 Å². The number of hydrogen-bond donors (Lipinski definition) is 2. The summed E-state index contributed by atoms with van der Waals surface area (Å²) in [4.78, 5) is 28.3. The van der Waals surface area contributed by atoms with Gasteiger partial charge in [0.25, 0.3) is 11.8 Å². The molecule has 0 saturated carbocycles. The number of alkyl halides is 6. The molecule has 43 heavy (non-hydrogen) atoms. The van der Waals surface area contributed by atoms with Crippen molar-refractivity contribution in [2.75, 3.05) is 0 Å². The summed E-state index contributed by atoms with van der Waals surface area (Å²) in [6.07, 6.45) is -4.23. The van der Waals surface area contributed by atoms with E-state index in [0.29, 0.717) is 42.6 Å². The van der Waals surface area contributed by atoms with E-state index in [2.05, 4.69) is 40.9 Å². The molecule has 4 aromatic rings. The van der Waals surface area contributed by atoms with Gasteiger partial charge < -0.3 is 15.4 Å². The lowest BCUT2D eigenvalue weighted by Crippen LogP contribution is -2.23. The van der Waals surface area contributed by atoms with Crippen LogP contribution >= 0.6 is 11.3 Å². The van der Waals surface area contributed by atoms with Crippen molar-refractivity contribution in [2.24, 2.45) is 0 Å². The van der Waals surface area contributed by atoms with Gasteiger partial charge in [0.05, 0.1) is 11.8 Å². The first-order valence-corrected chi connectivity index (χ1v) is 13.3. The smallest absolute Gasteiger partial charge is 0.406 e. The van der Waals surface area contributed by atoms with Gasteiger partial charge in [0.2, 0.25) is 5.01 Å². The van der Waals surface area contributed by atoms with Gasteiger partial charge in [0.1, 0.15) is 10.8 Å². The first-order valence-electron chi connectivity index (χ1n) is 12.5. The van der Waals surface area contributed by atoms with Crippen molar-refractivity contribution in [3.63, 3.8) is 0 Å². The number of unbranched alkanes of at least 4 members (excludes halogenated alkanes) is 1. The number of ether oxygens (including phenoxy) is 1. The molecule has 0 unspecified atom stereocenters. The number of halogens is 6. The van der Waals surface area contributed by atoms with Crippen molar-refractivity contribution in [3.05, 3.63) is 81.3 Å². The predicted molar refractivity (Wildman–Crippen MR) is 138 cm³/mol. The Hall–Kier alpha value is -4.61. The highest BCUT2D eigenvalue weighted by atomic mass is 32.1. The van der Waals surface area contributed by atoms with E-state index in [1.54, 1.807) is 0 Å². The summed E-state index contributed by atoms with van der Waals surface area (Å²) < 4.78 is 81.0. The van der Waals surface area contributed by atoms with Crippen LogP contribution in [-0.2, 0) is 32.2 Å². The van der Waals surface area contributed by atoms with E-state index in [4.69, 9.17) is 0 Å². The molecule has 3 heterocycles. The van der Waals surface area contributed by atoms with Gasteiger partial charge in [0, 0.05) is 38.4 Å². The molecule has 4 rings (SSSR count). The molecule has 0 aliphatic rings. The fourth-order valence-electron chi connectivity index (χ4n) is 3.63. The molecule has 0 atom stereocenters. The van der Waals surface area contributed by atoms with Gasteiger partial charge in [-0.05, 0) is 42.2 Å². The molecule has 0 aliphatic carbocycles. The number of amides is 2. The van der Waals surface area contributed by atoms with E-state index < -0.39 is 35.7 Å². The molecule has 3 aromatic heterocycles. The van der Waals surface area contributed by atoms with Crippen LogP contribution in [-0.4, -0.2) is 48.4 Å². The highest BCUT2D eigenvalue weighted by Crippen LogP contribution is 2.29. The molecule has 0 bridgehead atoms. The number of benzene rings is 1. The minimum atomic E-state index is -4.82. The number of carbonyl (C=O) groups excluding carboxylic acids is 2. The number of nitrogens with one attached hydrogen (secondary N) is 2. The molecule has 228 valence electrons. The Morgan fingerprint density at radius 3 is 2.44 bits per heavy atom. The minimum Gasteiger partial charge on any atom is -0.406 e. The SMILES string of the molecule is O=C(NCc1cccc(OC(F)(F)F)c1)c1cn(CCCCc2nnc(C(=O)NCc3cncc(C(F)(F)F)c3)s2)nn1. The monoisotopic (exact) mass is 628 g/mol. The van der Waals surface area contributed by atoms with Gasteiger partial charge in [-0.15, -0.1) is 28.5 Å². The van der Waals surface area contributed by atoms with Crippen LogP contribution in [0.1, 0.15) is 54.8 Å². The number of pyridine rings is 1. The Bertz CT molecular complexity index is 1560. The number of hydrogen-bond acceptors (Lipinski definition) is 9. The van der Waals surface area contributed by atoms with Crippen LogP contribution in [0.25, 0.3) is 0 Å². The van der Waals surface area contributed by atoms with Crippen molar-refractivity contribution >= 4 is 23.2 Å².